The van der Waals surface area contributed by atoms with Crippen LogP contribution in [0, 0.1) is 0 Å². The Kier molecular flexibility index (Phi) is 5.73. The Morgan fingerprint density at radius 3 is 2.45 bits per heavy atom. The maximum Gasteiger partial charge on any atom is 0.422 e. The van der Waals surface area contributed by atoms with E-state index in [1.54, 1.807) is 25.1 Å². The molecule has 2 N–H and O–H groups in total. The van der Waals surface area contributed by atoms with Crippen LogP contribution in [0.1, 0.15) is 29.7 Å². The van der Waals surface area contributed by atoms with Gasteiger partial charge in [-0.25, -0.2) is 4.79 Å². The molecule has 0 fully saturated rings. The molecule has 0 bridgehead atoms. The molecule has 1 atom stereocenters. The van der Waals surface area contributed by atoms with Gasteiger partial charge in [-0.05, 0) is 17.5 Å². The van der Waals surface area contributed by atoms with Crippen LogP contribution in [0.3, 0.4) is 0 Å². The number of aliphatic carboxylic acids is 1. The highest BCUT2D eigenvalue weighted by atomic mass is 19.4. The van der Waals surface area contributed by atoms with Gasteiger partial charge in [0.2, 0.25) is 5.82 Å². The summed E-state index contributed by atoms with van der Waals surface area (Å²) in [5.74, 6) is -2.39. The summed E-state index contributed by atoms with van der Waals surface area (Å²) in [7, 11) is 0. The first-order valence-corrected chi connectivity index (χ1v) is 9.71. The molecular formula is C22H16F3N3O5. The number of aliphatic hydroxyl groups excluding tert-OH is 1. The number of rotatable bonds is 6. The molecule has 0 aliphatic heterocycles. The Morgan fingerprint density at radius 2 is 1.82 bits per heavy atom. The SMILES string of the molecule is CCc1cc([C@@H](O)C(=O)O)ccc1-c1noc(-c2noc(-c3ccccc3)c2C(F)(F)F)n1. The fraction of sp³-hybridized carbons (Fsp3) is 0.182. The van der Waals surface area contributed by atoms with Crippen molar-refractivity contribution in [2.45, 2.75) is 25.6 Å². The minimum absolute atomic E-state index is 0.0180. The number of nitrogens with zero attached hydrogens (tertiary/aromatic N) is 3. The van der Waals surface area contributed by atoms with E-state index in [1.165, 1.54) is 30.3 Å². The predicted octanol–water partition coefficient (Wildman–Crippen LogP) is 4.76. The number of benzene rings is 2. The van der Waals surface area contributed by atoms with Crippen LogP contribution < -0.4 is 0 Å². The zero-order valence-corrected chi connectivity index (χ0v) is 17.0. The van der Waals surface area contributed by atoms with Gasteiger partial charge in [0.1, 0.15) is 5.56 Å². The number of aliphatic hydroxyl groups is 1. The molecular weight excluding hydrogens is 443 g/mol. The molecule has 0 radical (unpaired) electrons. The lowest BCUT2D eigenvalue weighted by atomic mass is 9.99. The Balaban J connectivity index is 1.77. The second-order valence-corrected chi connectivity index (χ2v) is 7.03. The van der Waals surface area contributed by atoms with Crippen molar-refractivity contribution in [3.05, 3.63) is 65.2 Å². The minimum atomic E-state index is -4.81. The average molecular weight is 459 g/mol. The monoisotopic (exact) mass is 459 g/mol. The maximum atomic E-state index is 13.9. The Labute approximate surface area is 184 Å². The highest BCUT2D eigenvalue weighted by molar-refractivity contribution is 5.75. The molecule has 11 heteroatoms. The van der Waals surface area contributed by atoms with Crippen molar-refractivity contribution in [3.63, 3.8) is 0 Å². The highest BCUT2D eigenvalue weighted by Crippen LogP contribution is 2.43. The van der Waals surface area contributed by atoms with Crippen LogP contribution in [-0.4, -0.2) is 31.5 Å². The van der Waals surface area contributed by atoms with E-state index in [9.17, 15) is 23.1 Å². The van der Waals surface area contributed by atoms with Crippen LogP contribution in [-0.2, 0) is 17.4 Å². The fourth-order valence-electron chi connectivity index (χ4n) is 3.35. The first-order chi connectivity index (χ1) is 15.7. The van der Waals surface area contributed by atoms with Crippen molar-refractivity contribution in [2.24, 2.45) is 0 Å². The van der Waals surface area contributed by atoms with E-state index in [1.807, 2.05) is 0 Å². The molecule has 2 aromatic heterocycles. The van der Waals surface area contributed by atoms with E-state index in [4.69, 9.17) is 14.2 Å². The molecule has 0 amide bonds. The van der Waals surface area contributed by atoms with Crippen LogP contribution in [0.25, 0.3) is 34.3 Å². The molecule has 0 saturated heterocycles. The quantitative estimate of drug-likeness (QED) is 0.423. The van der Waals surface area contributed by atoms with E-state index in [-0.39, 0.29) is 17.0 Å². The van der Waals surface area contributed by atoms with E-state index >= 15 is 0 Å². The van der Waals surface area contributed by atoms with Crippen LogP contribution in [0.15, 0.2) is 57.6 Å². The molecule has 0 aliphatic rings. The number of carboxylic acid groups (broad SMARTS) is 1. The summed E-state index contributed by atoms with van der Waals surface area (Å²) in [6.07, 6.45) is -6.11. The van der Waals surface area contributed by atoms with Crippen molar-refractivity contribution in [1.29, 1.82) is 0 Å². The number of hydrogen-bond acceptors (Lipinski definition) is 7. The topological polar surface area (TPSA) is 122 Å². The highest BCUT2D eigenvalue weighted by Gasteiger charge is 2.42. The molecule has 2 aromatic carbocycles. The number of aryl methyl sites for hydroxylation is 1. The first-order valence-electron chi connectivity index (χ1n) is 9.71. The average Bonchev–Trinajstić information content (AvgIpc) is 3.46. The molecule has 2 heterocycles. The molecule has 170 valence electrons. The van der Waals surface area contributed by atoms with Gasteiger partial charge in [-0.3, -0.25) is 0 Å². The number of carboxylic acids is 1. The second kappa shape index (κ2) is 8.51. The van der Waals surface area contributed by atoms with Gasteiger partial charge >= 0.3 is 12.1 Å². The molecule has 8 nitrogen and oxygen atoms in total. The van der Waals surface area contributed by atoms with Crippen molar-refractivity contribution in [3.8, 4) is 34.3 Å². The first kappa shape index (κ1) is 22.2. The number of hydrogen-bond donors (Lipinski definition) is 2. The summed E-state index contributed by atoms with van der Waals surface area (Å²) in [5.41, 5.74) is -0.467. The van der Waals surface area contributed by atoms with Crippen LogP contribution in [0.5, 0.6) is 0 Å². The largest absolute Gasteiger partial charge is 0.479 e. The fourth-order valence-corrected chi connectivity index (χ4v) is 3.35. The molecule has 0 saturated carbocycles. The molecule has 33 heavy (non-hydrogen) atoms. The zero-order chi connectivity index (χ0) is 23.8. The minimum Gasteiger partial charge on any atom is -0.479 e. The molecule has 4 rings (SSSR count). The lowest BCUT2D eigenvalue weighted by Gasteiger charge is -2.10. The van der Waals surface area contributed by atoms with Gasteiger partial charge in [0, 0.05) is 11.1 Å². The van der Waals surface area contributed by atoms with Crippen molar-refractivity contribution in [2.75, 3.05) is 0 Å². The Bertz CT molecular complexity index is 1300. The summed E-state index contributed by atoms with van der Waals surface area (Å²) < 4.78 is 51.7. The van der Waals surface area contributed by atoms with Gasteiger partial charge in [-0.2, -0.15) is 18.2 Å². The smallest absolute Gasteiger partial charge is 0.422 e. The van der Waals surface area contributed by atoms with Crippen molar-refractivity contribution in [1.82, 2.24) is 15.3 Å². The predicted molar refractivity (Wildman–Crippen MR) is 108 cm³/mol. The molecule has 0 spiro atoms. The standard InChI is InChI=1S/C22H16F3N3O5/c1-2-11-10-13(17(29)21(30)31)8-9-14(11)19-26-20(33-28-19)16-15(22(23,24)25)18(32-27-16)12-6-4-3-5-7-12/h3-10,17,29H,2H2,1H3,(H,30,31)/t17-/m1/s1. The molecule has 0 unspecified atom stereocenters. The van der Waals surface area contributed by atoms with E-state index in [0.29, 0.717) is 17.5 Å². The van der Waals surface area contributed by atoms with Gasteiger partial charge < -0.3 is 19.3 Å². The summed E-state index contributed by atoms with van der Waals surface area (Å²) >= 11 is 0. The lowest BCUT2D eigenvalue weighted by Crippen LogP contribution is -2.10. The summed E-state index contributed by atoms with van der Waals surface area (Å²) in [6, 6.07) is 12.0. The van der Waals surface area contributed by atoms with Gasteiger partial charge in [0.15, 0.2) is 17.6 Å². The number of halogens is 3. The second-order valence-electron chi connectivity index (χ2n) is 7.03. The summed E-state index contributed by atoms with van der Waals surface area (Å²) in [6.45, 7) is 1.78. The molecule has 4 aromatic rings. The van der Waals surface area contributed by atoms with Gasteiger partial charge in [-0.15, -0.1) is 0 Å². The van der Waals surface area contributed by atoms with E-state index in [2.05, 4.69) is 15.3 Å². The van der Waals surface area contributed by atoms with Gasteiger partial charge in [0.25, 0.3) is 5.89 Å². The Morgan fingerprint density at radius 1 is 1.09 bits per heavy atom. The molecule has 0 aliphatic carbocycles. The van der Waals surface area contributed by atoms with Gasteiger partial charge in [-0.1, -0.05) is 65.8 Å². The Hall–Kier alpha value is -3.99. The van der Waals surface area contributed by atoms with E-state index in [0.717, 1.165) is 0 Å². The third-order valence-corrected chi connectivity index (χ3v) is 4.94. The van der Waals surface area contributed by atoms with Crippen molar-refractivity contribution >= 4 is 5.97 Å². The van der Waals surface area contributed by atoms with Gasteiger partial charge in [0.05, 0.1) is 0 Å². The number of carbonyl (C=O) groups is 1. The van der Waals surface area contributed by atoms with Crippen molar-refractivity contribution < 1.29 is 37.2 Å². The van der Waals surface area contributed by atoms with Crippen LogP contribution >= 0.6 is 0 Å². The third-order valence-electron chi connectivity index (χ3n) is 4.94. The number of aromatic nitrogens is 3. The van der Waals surface area contributed by atoms with Crippen LogP contribution in [0.4, 0.5) is 13.2 Å². The zero-order valence-electron chi connectivity index (χ0n) is 17.0. The van der Waals surface area contributed by atoms with E-state index < -0.39 is 41.2 Å². The summed E-state index contributed by atoms with van der Waals surface area (Å²) in [5, 5.41) is 26.1. The summed E-state index contributed by atoms with van der Waals surface area (Å²) in [4.78, 5) is 15.1. The van der Waals surface area contributed by atoms with Crippen LogP contribution in [0.2, 0.25) is 0 Å². The third kappa shape index (κ3) is 4.22. The lowest BCUT2D eigenvalue weighted by molar-refractivity contribution is -0.147. The maximum absolute atomic E-state index is 13.9. The normalized spacial score (nSPS) is 12.6. The number of alkyl halides is 3.